The van der Waals surface area contributed by atoms with Gasteiger partial charge in [-0.15, -0.1) is 0 Å². The van der Waals surface area contributed by atoms with E-state index in [0.717, 1.165) is 18.6 Å². The first-order valence-corrected chi connectivity index (χ1v) is 6.78. The molecule has 0 radical (unpaired) electrons. The molecule has 3 N–H and O–H groups in total. The van der Waals surface area contributed by atoms with Gasteiger partial charge in [-0.3, -0.25) is 4.79 Å². The summed E-state index contributed by atoms with van der Waals surface area (Å²) < 4.78 is 13.0. The number of nitrogens with one attached hydrogen (secondary N) is 1. The van der Waals surface area contributed by atoms with Crippen molar-refractivity contribution in [3.8, 4) is 0 Å². The minimum Gasteiger partial charge on any atom is -0.393 e. The number of hydrogen-bond donors (Lipinski definition) is 2. The first-order chi connectivity index (χ1) is 8.86. The van der Waals surface area contributed by atoms with Crippen LogP contribution in [0.3, 0.4) is 0 Å². The number of amides is 1. The molecule has 1 aromatic rings. The maximum atomic E-state index is 13.0. The van der Waals surface area contributed by atoms with Crippen LogP contribution in [0.4, 0.5) is 10.1 Å². The molecule has 0 saturated carbocycles. The van der Waals surface area contributed by atoms with Gasteiger partial charge in [-0.2, -0.15) is 0 Å². The fourth-order valence-electron chi connectivity index (χ4n) is 1.56. The third-order valence-corrected chi connectivity index (χ3v) is 3.37. The molecular weight excluding hydrogens is 310 g/mol. The number of halogens is 3. The summed E-state index contributed by atoms with van der Waals surface area (Å²) in [5.74, 6) is -1.57. The van der Waals surface area contributed by atoms with E-state index in [-0.39, 0.29) is 20.7 Å². The number of nitrogens with two attached hydrogens (primary N) is 1. The molecule has 0 heterocycles. The van der Waals surface area contributed by atoms with Gasteiger partial charge >= 0.3 is 0 Å². The molecule has 1 unspecified atom stereocenters. The van der Waals surface area contributed by atoms with E-state index in [1.807, 2.05) is 6.92 Å². The summed E-state index contributed by atoms with van der Waals surface area (Å²) in [5, 5.41) is 2.58. The number of thiocarbonyl (C=S) groups is 1. The largest absolute Gasteiger partial charge is 0.393 e. The van der Waals surface area contributed by atoms with E-state index in [1.54, 1.807) is 0 Å². The molecule has 19 heavy (non-hydrogen) atoms. The summed E-state index contributed by atoms with van der Waals surface area (Å²) in [4.78, 5) is 12.1. The van der Waals surface area contributed by atoms with Crippen LogP contribution in [0, 0.1) is 11.7 Å². The molecule has 1 amide bonds. The smallest absolute Gasteiger partial charge is 0.234 e. The SMILES string of the molecule is CCCC(C(=O)Nc1c(Cl)cc(F)cc1Cl)C(N)=S. The van der Waals surface area contributed by atoms with Crippen LogP contribution in [0.15, 0.2) is 12.1 Å². The van der Waals surface area contributed by atoms with E-state index in [4.69, 9.17) is 41.2 Å². The maximum absolute atomic E-state index is 13.0. The zero-order valence-corrected chi connectivity index (χ0v) is 12.5. The van der Waals surface area contributed by atoms with Gasteiger partial charge in [0.2, 0.25) is 5.91 Å². The molecule has 104 valence electrons. The predicted octanol–water partition coefficient (Wildman–Crippen LogP) is 3.77. The van der Waals surface area contributed by atoms with Crippen LogP contribution in [-0.4, -0.2) is 10.9 Å². The van der Waals surface area contributed by atoms with E-state index in [9.17, 15) is 9.18 Å². The molecule has 1 rings (SSSR count). The average molecular weight is 323 g/mol. The van der Waals surface area contributed by atoms with E-state index < -0.39 is 17.6 Å². The molecule has 0 aliphatic carbocycles. The molecule has 0 aliphatic rings. The first-order valence-electron chi connectivity index (χ1n) is 5.61. The molecule has 0 spiro atoms. The van der Waals surface area contributed by atoms with Crippen molar-refractivity contribution >= 4 is 52.0 Å². The Hall–Kier alpha value is -0.910. The Morgan fingerprint density at radius 1 is 1.47 bits per heavy atom. The van der Waals surface area contributed by atoms with Crippen molar-refractivity contribution in [2.75, 3.05) is 5.32 Å². The molecule has 0 aliphatic heterocycles. The monoisotopic (exact) mass is 322 g/mol. The van der Waals surface area contributed by atoms with E-state index in [2.05, 4.69) is 5.32 Å². The molecule has 0 fully saturated rings. The minimum absolute atomic E-state index is 0.0246. The predicted molar refractivity (Wildman–Crippen MR) is 80.2 cm³/mol. The second kappa shape index (κ2) is 7.03. The Morgan fingerprint density at radius 3 is 2.42 bits per heavy atom. The van der Waals surface area contributed by atoms with Gasteiger partial charge in [0.1, 0.15) is 5.82 Å². The lowest BCUT2D eigenvalue weighted by Gasteiger charge is -2.16. The molecule has 1 aromatic carbocycles. The lowest BCUT2D eigenvalue weighted by Crippen LogP contribution is -2.33. The van der Waals surface area contributed by atoms with Gasteiger partial charge in [0.15, 0.2) is 0 Å². The Kier molecular flexibility index (Phi) is 5.97. The third kappa shape index (κ3) is 4.30. The molecule has 0 saturated heterocycles. The lowest BCUT2D eigenvalue weighted by atomic mass is 10.0. The van der Waals surface area contributed by atoms with Crippen molar-refractivity contribution in [1.82, 2.24) is 0 Å². The molecule has 3 nitrogen and oxygen atoms in total. The molecule has 1 atom stereocenters. The molecule has 7 heteroatoms. The van der Waals surface area contributed by atoms with Crippen LogP contribution >= 0.6 is 35.4 Å². The topological polar surface area (TPSA) is 55.1 Å². The number of carbonyl (C=O) groups excluding carboxylic acids is 1. The van der Waals surface area contributed by atoms with E-state index in [0.29, 0.717) is 6.42 Å². The van der Waals surface area contributed by atoms with Gasteiger partial charge in [0.25, 0.3) is 0 Å². The summed E-state index contributed by atoms with van der Waals surface area (Å²) in [6.07, 6.45) is 1.28. The van der Waals surface area contributed by atoms with Gasteiger partial charge < -0.3 is 11.1 Å². The van der Waals surface area contributed by atoms with Gasteiger partial charge in [0, 0.05) is 0 Å². The van der Waals surface area contributed by atoms with Gasteiger partial charge in [-0.1, -0.05) is 48.8 Å². The number of benzene rings is 1. The third-order valence-electron chi connectivity index (χ3n) is 2.49. The lowest BCUT2D eigenvalue weighted by molar-refractivity contribution is -0.118. The molecule has 0 bridgehead atoms. The highest BCUT2D eigenvalue weighted by Gasteiger charge is 2.22. The number of carbonyl (C=O) groups is 1. The van der Waals surface area contributed by atoms with Crippen molar-refractivity contribution < 1.29 is 9.18 Å². The Bertz CT molecular complexity index is 487. The van der Waals surface area contributed by atoms with E-state index >= 15 is 0 Å². The van der Waals surface area contributed by atoms with Crippen molar-refractivity contribution in [1.29, 1.82) is 0 Å². The fourth-order valence-corrected chi connectivity index (χ4v) is 2.34. The maximum Gasteiger partial charge on any atom is 0.234 e. The van der Waals surface area contributed by atoms with Crippen LogP contribution in [-0.2, 0) is 4.79 Å². The van der Waals surface area contributed by atoms with Crippen molar-refractivity contribution in [3.05, 3.63) is 28.0 Å². The highest BCUT2D eigenvalue weighted by molar-refractivity contribution is 7.80. The standard InChI is InChI=1S/C12H13Cl2FN2OS/c1-2-3-7(11(16)19)12(18)17-10-8(13)4-6(15)5-9(10)14/h4-5,7H,2-3H2,1H3,(H2,16,19)(H,17,18). The van der Waals surface area contributed by atoms with Crippen molar-refractivity contribution in [2.24, 2.45) is 11.7 Å². The average Bonchev–Trinajstić information content (AvgIpc) is 2.29. The Balaban J connectivity index is 2.96. The highest BCUT2D eigenvalue weighted by atomic mass is 35.5. The minimum atomic E-state index is -0.600. The second-order valence-corrected chi connectivity index (χ2v) is 5.26. The molecule has 0 aromatic heterocycles. The first kappa shape index (κ1) is 16.1. The number of hydrogen-bond acceptors (Lipinski definition) is 2. The summed E-state index contributed by atoms with van der Waals surface area (Å²) in [6, 6.07) is 2.14. The Labute approximate surface area is 126 Å². The number of anilines is 1. The summed E-state index contributed by atoms with van der Waals surface area (Å²) in [5.41, 5.74) is 5.68. The van der Waals surface area contributed by atoms with Gasteiger partial charge in [-0.05, 0) is 18.6 Å². The van der Waals surface area contributed by atoms with Crippen LogP contribution in [0.5, 0.6) is 0 Å². The second-order valence-electron chi connectivity index (χ2n) is 3.98. The van der Waals surface area contributed by atoms with Gasteiger partial charge in [-0.25, -0.2) is 4.39 Å². The van der Waals surface area contributed by atoms with Crippen LogP contribution in [0.2, 0.25) is 10.0 Å². The summed E-state index contributed by atoms with van der Waals surface area (Å²) in [6.45, 7) is 1.91. The van der Waals surface area contributed by atoms with Crippen LogP contribution in [0.25, 0.3) is 0 Å². The molecular formula is C12H13Cl2FN2OS. The zero-order chi connectivity index (χ0) is 14.6. The van der Waals surface area contributed by atoms with Crippen LogP contribution in [0.1, 0.15) is 19.8 Å². The van der Waals surface area contributed by atoms with E-state index in [1.165, 1.54) is 0 Å². The van der Waals surface area contributed by atoms with Crippen molar-refractivity contribution in [3.63, 3.8) is 0 Å². The zero-order valence-electron chi connectivity index (χ0n) is 10.2. The fraction of sp³-hybridized carbons (Fsp3) is 0.333. The normalized spacial score (nSPS) is 12.0. The van der Waals surface area contributed by atoms with Gasteiger partial charge in [0.05, 0.1) is 26.6 Å². The summed E-state index contributed by atoms with van der Waals surface area (Å²) in [7, 11) is 0. The van der Waals surface area contributed by atoms with Crippen molar-refractivity contribution in [2.45, 2.75) is 19.8 Å². The summed E-state index contributed by atoms with van der Waals surface area (Å²) >= 11 is 16.5. The number of rotatable bonds is 5. The van der Waals surface area contributed by atoms with Crippen LogP contribution < -0.4 is 11.1 Å². The quantitative estimate of drug-likeness (QED) is 0.811. The highest BCUT2D eigenvalue weighted by Crippen LogP contribution is 2.31. The Morgan fingerprint density at radius 2 is 2.00 bits per heavy atom.